The third kappa shape index (κ3) is 9.02. The van der Waals surface area contributed by atoms with E-state index in [1.54, 1.807) is 4.18 Å². The van der Waals surface area contributed by atoms with E-state index in [0.29, 0.717) is 0 Å². The summed E-state index contributed by atoms with van der Waals surface area (Å²) in [5.41, 5.74) is 0. The first-order valence-electron chi connectivity index (χ1n) is 12.4. The van der Waals surface area contributed by atoms with Gasteiger partial charge in [-0.3, -0.25) is 4.18 Å². The first-order valence-corrected chi connectivity index (χ1v) is 13.8. The van der Waals surface area contributed by atoms with Gasteiger partial charge in [-0.15, -0.1) is 0 Å². The highest BCUT2D eigenvalue weighted by Gasteiger charge is 2.91. The van der Waals surface area contributed by atoms with Crippen LogP contribution in [-0.2, 0) is 28.5 Å². The summed E-state index contributed by atoms with van der Waals surface area (Å²) in [6.07, 6.45) is -68.3. The van der Waals surface area contributed by atoms with Crippen molar-refractivity contribution in [1.82, 2.24) is 0 Å². The van der Waals surface area contributed by atoms with E-state index >= 15 is 0 Å². The van der Waals surface area contributed by atoms with Gasteiger partial charge in [-0.1, -0.05) is 0 Å². The van der Waals surface area contributed by atoms with Crippen molar-refractivity contribution in [2.24, 2.45) is 0 Å². The maximum Gasteiger partial charge on any atom is 0.460 e. The van der Waals surface area contributed by atoms with E-state index in [0.717, 1.165) is 14.2 Å². The third-order valence-electron chi connectivity index (χ3n) is 6.00. The van der Waals surface area contributed by atoms with Crippen molar-refractivity contribution in [1.29, 1.82) is 0 Å². The van der Waals surface area contributed by atoms with Crippen LogP contribution in [0.25, 0.3) is 0 Å². The van der Waals surface area contributed by atoms with Crippen LogP contribution in [0.3, 0.4) is 0 Å². The first kappa shape index (κ1) is 58.3. The summed E-state index contributed by atoms with van der Waals surface area (Å²) >= 11 is 0. The fraction of sp³-hybridized carbons (Fsp3) is 1.00. The zero-order chi connectivity index (χ0) is 50.5. The lowest BCUT2D eigenvalue weighted by molar-refractivity contribution is -0.577. The van der Waals surface area contributed by atoms with E-state index in [9.17, 15) is 166 Å². The summed E-state index contributed by atoms with van der Waals surface area (Å²) in [6.45, 7) is -5.05. The van der Waals surface area contributed by atoms with Crippen molar-refractivity contribution < 1.29 is 185 Å². The average Bonchev–Trinajstić information content (AvgIpc) is 2.96. The monoisotopic (exact) mass is 1030 g/mol. The lowest BCUT2D eigenvalue weighted by Gasteiger charge is -2.40. The third-order valence-corrected chi connectivity index (χ3v) is 7.31. The highest BCUT2D eigenvalue weighted by atomic mass is 32.2. The second-order valence-corrected chi connectivity index (χ2v) is 12.0. The minimum Gasteiger partial charge on any atom is -0.259 e. The predicted molar refractivity (Wildman–Crippen MR) is 104 cm³/mol. The van der Waals surface area contributed by atoms with Crippen molar-refractivity contribution in [3.8, 4) is 0 Å². The summed E-state index contributed by atoms with van der Waals surface area (Å²) in [6, 6.07) is 0. The van der Waals surface area contributed by atoms with Gasteiger partial charge in [0.15, 0.2) is 0 Å². The Balaban J connectivity index is 6.82. The molecule has 0 rings (SSSR count). The Kier molecular flexibility index (Phi) is 14.2. The maximum absolute atomic E-state index is 13.8. The van der Waals surface area contributed by atoms with Crippen LogP contribution in [0.15, 0.2) is 0 Å². The Morgan fingerprint density at radius 2 is 0.508 bits per heavy atom. The van der Waals surface area contributed by atoms with Crippen molar-refractivity contribution >= 4 is 10.1 Å². The first-order chi connectivity index (χ1) is 25.6. The SMILES string of the molecule is O=S(=O)(OCC(F)(F)C(F)(F)C(F)(F)C(F)(F)C(F)(F)OC(F)(F)C(F)(F)OC(F)(F)C(F)(F)OC(F)(F)C(F)(F)C(F)(F)C(F)(F)F)C(F)(F)C(F)(F)C(F)(F)C(F)(F)F. The summed E-state index contributed by atoms with van der Waals surface area (Å²) in [5.74, 6) is -69.8. The standard InChI is InChI=1S/C18H2F36O6S/c19-2(20,1-57-61(55,56)18(53,54)9(33,34)6(27,28)11(38,39)40)3(21,22)4(23,24)7(29,30)12(41,42)58-14(45,46)16(49,50)60-17(51,52)15(47,48)59-13(43,44)8(31,32)5(25,26)10(35,36)37/h1H2. The molecular weight excluding hydrogens is 1030 g/mol. The van der Waals surface area contributed by atoms with Gasteiger partial charge in [-0.25, -0.2) is 14.2 Å². The maximum atomic E-state index is 13.8. The molecule has 0 spiro atoms. The van der Waals surface area contributed by atoms with Gasteiger partial charge in [0.1, 0.15) is 6.61 Å². The Morgan fingerprint density at radius 3 is 0.770 bits per heavy atom. The van der Waals surface area contributed by atoms with Gasteiger partial charge < -0.3 is 0 Å². The summed E-state index contributed by atoms with van der Waals surface area (Å²) in [4.78, 5) is 0. The summed E-state index contributed by atoms with van der Waals surface area (Å²) in [7, 11) is -8.92. The molecule has 0 atom stereocenters. The van der Waals surface area contributed by atoms with Crippen LogP contribution in [0.1, 0.15) is 0 Å². The lowest BCUT2D eigenvalue weighted by Crippen LogP contribution is -2.70. The summed E-state index contributed by atoms with van der Waals surface area (Å²) in [5, 5.41) is -8.39. The van der Waals surface area contributed by atoms with E-state index < -0.39 is 118 Å². The van der Waals surface area contributed by atoms with Gasteiger partial charge in [0.2, 0.25) is 0 Å². The predicted octanol–water partition coefficient (Wildman–Crippen LogP) is 10.7. The van der Waals surface area contributed by atoms with Gasteiger partial charge in [-0.05, 0) is 0 Å². The van der Waals surface area contributed by atoms with E-state index in [1.165, 1.54) is 0 Å². The normalized spacial score (nSPS) is 17.0. The number of ether oxygens (including phenoxy) is 3. The Bertz CT molecular complexity index is 1670. The molecule has 0 N–H and O–H groups in total. The molecule has 0 fully saturated rings. The molecule has 0 aromatic carbocycles. The highest BCUT2D eigenvalue weighted by molar-refractivity contribution is 7.87. The molecule has 0 aromatic rings. The molecule has 0 aliphatic rings. The molecule has 0 unspecified atom stereocenters. The molecule has 0 heterocycles. The van der Waals surface area contributed by atoms with Crippen LogP contribution in [0.4, 0.5) is 158 Å². The Morgan fingerprint density at radius 1 is 0.279 bits per heavy atom. The molecule has 0 aromatic heterocycles. The number of halogens is 36. The molecule has 368 valence electrons. The van der Waals surface area contributed by atoms with Crippen LogP contribution in [-0.4, -0.2) is 117 Å². The Labute approximate surface area is 304 Å². The van der Waals surface area contributed by atoms with Gasteiger partial charge in [0.05, 0.1) is 0 Å². The minimum atomic E-state index is -9.33. The molecule has 6 nitrogen and oxygen atoms in total. The number of rotatable bonds is 20. The second kappa shape index (κ2) is 14.9. The van der Waals surface area contributed by atoms with E-state index in [1.807, 2.05) is 0 Å². The minimum absolute atomic E-state index is 0.767. The molecule has 0 radical (unpaired) electrons. The van der Waals surface area contributed by atoms with Gasteiger partial charge >= 0.3 is 112 Å². The van der Waals surface area contributed by atoms with E-state index in [-0.39, 0.29) is 0 Å². The zero-order valence-corrected chi connectivity index (χ0v) is 26.5. The molecule has 0 aliphatic heterocycles. The largest absolute Gasteiger partial charge is 0.460 e. The molecule has 0 bridgehead atoms. The van der Waals surface area contributed by atoms with Crippen LogP contribution in [0.2, 0.25) is 0 Å². The van der Waals surface area contributed by atoms with Gasteiger partial charge in [0, 0.05) is 0 Å². The van der Waals surface area contributed by atoms with E-state index in [2.05, 4.69) is 0 Å². The lowest BCUT2D eigenvalue weighted by atomic mass is 9.98. The highest BCUT2D eigenvalue weighted by Crippen LogP contribution is 2.61. The molecule has 0 aliphatic carbocycles. The van der Waals surface area contributed by atoms with Gasteiger partial charge in [0.25, 0.3) is 0 Å². The van der Waals surface area contributed by atoms with Crippen LogP contribution in [0.5, 0.6) is 0 Å². The number of hydrogen-bond donors (Lipinski definition) is 0. The molecule has 0 amide bonds. The molecule has 43 heteroatoms. The quantitative estimate of drug-likeness (QED) is 0.0894. The van der Waals surface area contributed by atoms with Crippen LogP contribution in [0, 0.1) is 0 Å². The van der Waals surface area contributed by atoms with Crippen molar-refractivity contribution in [2.75, 3.05) is 6.61 Å². The second-order valence-electron chi connectivity index (χ2n) is 10.4. The summed E-state index contributed by atoms with van der Waals surface area (Å²) < 4.78 is 500. The number of hydrogen-bond acceptors (Lipinski definition) is 6. The van der Waals surface area contributed by atoms with Crippen molar-refractivity contribution in [2.45, 2.75) is 102 Å². The fourth-order valence-corrected chi connectivity index (χ4v) is 3.55. The number of alkyl halides is 36. The van der Waals surface area contributed by atoms with E-state index in [4.69, 9.17) is 0 Å². The smallest absolute Gasteiger partial charge is 0.259 e. The zero-order valence-electron chi connectivity index (χ0n) is 25.7. The van der Waals surface area contributed by atoms with Crippen LogP contribution >= 0.6 is 0 Å². The molecule has 61 heavy (non-hydrogen) atoms. The molecular formula is C18H2F36O6S. The fourth-order valence-electron chi connectivity index (χ4n) is 2.65. The Hall–Kier alpha value is -2.73. The van der Waals surface area contributed by atoms with Crippen molar-refractivity contribution in [3.05, 3.63) is 0 Å². The van der Waals surface area contributed by atoms with Gasteiger partial charge in [-0.2, -0.15) is 166 Å². The molecule has 0 saturated carbocycles. The molecule has 0 saturated heterocycles. The van der Waals surface area contributed by atoms with Crippen LogP contribution < -0.4 is 0 Å². The average molecular weight is 1030 g/mol. The topological polar surface area (TPSA) is 71.1 Å². The van der Waals surface area contributed by atoms with Crippen molar-refractivity contribution in [3.63, 3.8) is 0 Å².